The minimum absolute atomic E-state index is 0.163. The normalized spacial score (nSPS) is 30.3. The van der Waals surface area contributed by atoms with Crippen molar-refractivity contribution in [3.8, 4) is 0 Å². The van der Waals surface area contributed by atoms with Crippen molar-refractivity contribution in [1.82, 2.24) is 10.6 Å². The molecule has 13 nitrogen and oxygen atoms in total. The van der Waals surface area contributed by atoms with Gasteiger partial charge in [0.2, 0.25) is 11.8 Å². The summed E-state index contributed by atoms with van der Waals surface area (Å²) >= 11 is 0. The van der Waals surface area contributed by atoms with Gasteiger partial charge in [-0.2, -0.15) is 0 Å². The summed E-state index contributed by atoms with van der Waals surface area (Å²) < 4.78 is 17.0. The van der Waals surface area contributed by atoms with E-state index < -0.39 is 61.4 Å². The van der Waals surface area contributed by atoms with E-state index in [1.54, 1.807) is 0 Å². The molecule has 8 N–H and O–H groups in total. The summed E-state index contributed by atoms with van der Waals surface area (Å²) in [5.74, 6) is -0.467. The van der Waals surface area contributed by atoms with Gasteiger partial charge in [0.15, 0.2) is 12.6 Å². The summed E-state index contributed by atoms with van der Waals surface area (Å²) in [7, 11) is 0. The molecule has 10 atom stereocenters. The van der Waals surface area contributed by atoms with Crippen LogP contribution in [-0.4, -0.2) is 117 Å². The number of ether oxygens (including phenoxy) is 3. The van der Waals surface area contributed by atoms with Crippen LogP contribution in [0, 0.1) is 0 Å². The quantitative estimate of drug-likeness (QED) is 0.0615. The highest BCUT2D eigenvalue weighted by molar-refractivity contribution is 5.76. The van der Waals surface area contributed by atoms with Gasteiger partial charge in [-0.05, 0) is 12.8 Å². The maximum absolute atomic E-state index is 12.4. The zero-order chi connectivity index (χ0) is 36.0. The summed E-state index contributed by atoms with van der Waals surface area (Å²) in [5, 5.41) is 68.5. The maximum Gasteiger partial charge on any atom is 0.220 e. The summed E-state index contributed by atoms with van der Waals surface area (Å²) in [6.07, 6.45) is 5.33. The molecule has 2 aliphatic heterocycles. The largest absolute Gasteiger partial charge is 0.388 e. The molecule has 288 valence electrons. The van der Waals surface area contributed by atoms with Crippen LogP contribution in [0.25, 0.3) is 0 Å². The number of aliphatic hydroxyl groups excluding tert-OH is 6. The summed E-state index contributed by atoms with van der Waals surface area (Å²) in [6, 6.07) is 0. The molecule has 0 unspecified atom stereocenters. The lowest BCUT2D eigenvalue weighted by Crippen LogP contribution is -2.64. The van der Waals surface area contributed by atoms with Crippen LogP contribution in [0.3, 0.4) is 0 Å². The molecule has 13 heteroatoms. The highest BCUT2D eigenvalue weighted by Crippen LogP contribution is 2.28. The predicted molar refractivity (Wildman–Crippen MR) is 184 cm³/mol. The van der Waals surface area contributed by atoms with Crippen molar-refractivity contribution in [3.63, 3.8) is 0 Å². The smallest absolute Gasteiger partial charge is 0.220 e. The van der Waals surface area contributed by atoms with Crippen molar-refractivity contribution in [2.24, 2.45) is 0 Å². The Morgan fingerprint density at radius 2 is 0.776 bits per heavy atom. The van der Waals surface area contributed by atoms with Gasteiger partial charge in [0, 0.05) is 25.9 Å². The van der Waals surface area contributed by atoms with E-state index in [9.17, 15) is 40.2 Å². The van der Waals surface area contributed by atoms with Gasteiger partial charge < -0.3 is 55.5 Å². The Kier molecular flexibility index (Phi) is 22.8. The Bertz CT molecular complexity index is 816. The topological polar surface area (TPSA) is 207 Å². The van der Waals surface area contributed by atoms with Crippen molar-refractivity contribution in [2.75, 3.05) is 13.1 Å². The number of aliphatic hydroxyl groups is 6. The van der Waals surface area contributed by atoms with Gasteiger partial charge in [-0.3, -0.25) is 9.59 Å². The first kappa shape index (κ1) is 43.7. The van der Waals surface area contributed by atoms with E-state index in [4.69, 9.17) is 14.2 Å². The lowest BCUT2D eigenvalue weighted by Gasteiger charge is -2.45. The van der Waals surface area contributed by atoms with Crippen LogP contribution in [0.15, 0.2) is 0 Å². The van der Waals surface area contributed by atoms with Crippen molar-refractivity contribution in [1.29, 1.82) is 0 Å². The molecule has 0 saturated carbocycles. The van der Waals surface area contributed by atoms with Gasteiger partial charge in [0.1, 0.15) is 48.8 Å². The average molecular weight is 705 g/mol. The maximum atomic E-state index is 12.4. The highest BCUT2D eigenvalue weighted by Gasteiger charge is 2.49. The fourth-order valence-electron chi connectivity index (χ4n) is 6.33. The first-order valence-corrected chi connectivity index (χ1v) is 19.2. The van der Waals surface area contributed by atoms with Crippen molar-refractivity contribution < 1.29 is 54.4 Å². The summed E-state index contributed by atoms with van der Waals surface area (Å²) in [5.41, 5.74) is 0. The molecule has 0 spiro atoms. The fraction of sp³-hybridized carbons (Fsp3) is 0.944. The molecule has 0 aromatic heterocycles. The van der Waals surface area contributed by atoms with Crippen LogP contribution in [0.1, 0.15) is 142 Å². The minimum atomic E-state index is -1.75. The van der Waals surface area contributed by atoms with Gasteiger partial charge >= 0.3 is 0 Å². The lowest BCUT2D eigenvalue weighted by molar-refractivity contribution is -0.372. The van der Waals surface area contributed by atoms with Crippen molar-refractivity contribution >= 4 is 11.8 Å². The molecule has 2 saturated heterocycles. The number of carbonyl (C=O) groups is 2. The number of rotatable bonds is 26. The lowest BCUT2D eigenvalue weighted by atomic mass is 9.97. The Hall–Kier alpha value is -1.42. The molecule has 2 rings (SSSR count). The minimum Gasteiger partial charge on any atom is -0.388 e. The number of hydrogen-bond acceptors (Lipinski definition) is 11. The zero-order valence-corrected chi connectivity index (χ0v) is 30.1. The molecule has 0 aromatic carbocycles. The number of amides is 2. The van der Waals surface area contributed by atoms with Gasteiger partial charge in [-0.1, -0.05) is 117 Å². The molecule has 0 aromatic rings. The molecule has 0 bridgehead atoms. The van der Waals surface area contributed by atoms with Gasteiger partial charge in [-0.15, -0.1) is 0 Å². The number of carbonyl (C=O) groups excluding carboxylic acids is 2. The van der Waals surface area contributed by atoms with Crippen LogP contribution in [0.5, 0.6) is 0 Å². The fourth-order valence-corrected chi connectivity index (χ4v) is 6.33. The van der Waals surface area contributed by atoms with E-state index in [-0.39, 0.29) is 24.9 Å². The Balaban J connectivity index is 1.76. The Labute approximate surface area is 293 Å². The third-order valence-corrected chi connectivity index (χ3v) is 9.62. The van der Waals surface area contributed by atoms with Gasteiger partial charge in [0.05, 0.1) is 0 Å². The van der Waals surface area contributed by atoms with E-state index in [1.807, 2.05) is 0 Å². The second-order valence-electron chi connectivity index (χ2n) is 13.9. The van der Waals surface area contributed by atoms with Crippen LogP contribution >= 0.6 is 0 Å². The molecular formula is C36H68N2O11. The van der Waals surface area contributed by atoms with Crippen molar-refractivity contribution in [3.05, 3.63) is 0 Å². The average Bonchev–Trinajstić information content (AvgIpc) is 3.09. The van der Waals surface area contributed by atoms with Crippen LogP contribution < -0.4 is 10.6 Å². The molecule has 0 aliphatic carbocycles. The molecule has 0 radical (unpaired) electrons. The second-order valence-corrected chi connectivity index (χ2v) is 13.9. The molecule has 2 amide bonds. The zero-order valence-electron chi connectivity index (χ0n) is 30.1. The van der Waals surface area contributed by atoms with E-state index in [0.29, 0.717) is 12.8 Å². The summed E-state index contributed by atoms with van der Waals surface area (Å²) in [6.45, 7) is 4.06. The third kappa shape index (κ3) is 16.6. The molecule has 2 aliphatic rings. The molecule has 2 fully saturated rings. The number of nitrogens with one attached hydrogen (secondary N) is 2. The highest BCUT2D eigenvalue weighted by atomic mass is 16.8. The number of hydrogen-bond donors (Lipinski definition) is 8. The van der Waals surface area contributed by atoms with Crippen molar-refractivity contribution in [2.45, 2.75) is 204 Å². The van der Waals surface area contributed by atoms with E-state index in [2.05, 4.69) is 24.5 Å². The predicted octanol–water partition coefficient (Wildman–Crippen LogP) is 2.69. The Morgan fingerprint density at radius 3 is 1.10 bits per heavy atom. The monoisotopic (exact) mass is 704 g/mol. The second kappa shape index (κ2) is 25.5. The molecule has 2 heterocycles. The third-order valence-electron chi connectivity index (χ3n) is 9.62. The standard InChI is InChI=1S/C36H68N2O11/c1-3-5-7-9-11-13-15-17-19-21-27(39)37-23-25-29(41)31(43)33(45)35(47-25)49-36-34(46)32(44)30(42)26(48-36)24-38-28(40)22-20-18-16-14-12-10-8-6-4-2/h25-26,29-36,41-46H,3-24H2,1-2H3,(H,37,39)(H,38,40)/t25-,26-,29-,30-,31+,32+,33-,34-,35-,36-/m1/s1. The van der Waals surface area contributed by atoms with Gasteiger partial charge in [0.25, 0.3) is 0 Å². The van der Waals surface area contributed by atoms with E-state index in [0.717, 1.165) is 51.4 Å². The van der Waals surface area contributed by atoms with Crippen LogP contribution in [-0.2, 0) is 23.8 Å². The van der Waals surface area contributed by atoms with Gasteiger partial charge in [-0.25, -0.2) is 0 Å². The SMILES string of the molecule is CCCCCCCCCCCC(=O)NC[C@H]1O[C@H](O[C@H]2O[C@H](CNC(=O)CCCCCCCCCCC)[C@@H](O)[C@H](O)[C@H]2O)[C@H](O)[C@@H](O)[C@@H]1O. The first-order chi connectivity index (χ1) is 23.6. The Morgan fingerprint density at radius 1 is 0.469 bits per heavy atom. The van der Waals surface area contributed by atoms with Crippen LogP contribution in [0.4, 0.5) is 0 Å². The molecule has 49 heavy (non-hydrogen) atoms. The number of unbranched alkanes of at least 4 members (excludes halogenated alkanes) is 16. The molecular weight excluding hydrogens is 636 g/mol. The van der Waals surface area contributed by atoms with E-state index >= 15 is 0 Å². The van der Waals surface area contributed by atoms with E-state index in [1.165, 1.54) is 64.2 Å². The summed E-state index contributed by atoms with van der Waals surface area (Å²) in [4.78, 5) is 24.8. The first-order valence-electron chi connectivity index (χ1n) is 19.2. The van der Waals surface area contributed by atoms with Crippen LogP contribution in [0.2, 0.25) is 0 Å².